The third-order valence-electron chi connectivity index (χ3n) is 7.16. The van der Waals surface area contributed by atoms with Gasteiger partial charge in [0.25, 0.3) is 0 Å². The maximum absolute atomic E-state index is 13.6. The summed E-state index contributed by atoms with van der Waals surface area (Å²) in [5, 5.41) is 15.5. The van der Waals surface area contributed by atoms with E-state index in [1.54, 1.807) is 38.7 Å². The van der Waals surface area contributed by atoms with Crippen molar-refractivity contribution in [3.63, 3.8) is 0 Å². The maximum Gasteiger partial charge on any atom is 0.416 e. The second kappa shape index (κ2) is 12.6. The molecule has 0 aliphatic carbocycles. The summed E-state index contributed by atoms with van der Waals surface area (Å²) < 4.78 is 44.9. The number of rotatable bonds is 8. The van der Waals surface area contributed by atoms with Crippen molar-refractivity contribution in [1.82, 2.24) is 20.4 Å². The number of aldehydes is 1. The molecule has 2 heterocycles. The van der Waals surface area contributed by atoms with Crippen molar-refractivity contribution in [3.05, 3.63) is 35.4 Å². The number of carbonyl (C=O) groups excluding carboxylic acids is 3. The quantitative estimate of drug-likeness (QED) is 0.463. The van der Waals surface area contributed by atoms with Crippen LogP contribution in [0.4, 0.5) is 18.0 Å². The largest absolute Gasteiger partial charge is 0.444 e. The van der Waals surface area contributed by atoms with Crippen LogP contribution in [0.25, 0.3) is 0 Å². The highest BCUT2D eigenvalue weighted by Crippen LogP contribution is 2.31. The van der Waals surface area contributed by atoms with Crippen LogP contribution in [-0.2, 0) is 20.5 Å². The second-order valence-electron chi connectivity index (χ2n) is 11.8. The summed E-state index contributed by atoms with van der Waals surface area (Å²) in [6, 6.07) is 4.29. The summed E-state index contributed by atoms with van der Waals surface area (Å²) in [4.78, 5) is 41.4. The summed E-state index contributed by atoms with van der Waals surface area (Å²) in [6.07, 6.45) is -3.57. The fraction of sp³-hybridized carbons (Fsp3) is 0.643. The average molecular weight is 566 g/mol. The van der Waals surface area contributed by atoms with E-state index in [-0.39, 0.29) is 18.5 Å². The normalized spacial score (nSPS) is 25.2. The number of nitrogens with zero attached hydrogens (tertiary/aromatic N) is 3. The Morgan fingerprint density at radius 2 is 1.93 bits per heavy atom. The van der Waals surface area contributed by atoms with Crippen molar-refractivity contribution in [2.24, 2.45) is 5.92 Å². The molecule has 3 rings (SSSR count). The number of alkyl carbamates (subject to hydrolysis) is 1. The number of benzene rings is 1. The molecule has 2 fully saturated rings. The minimum Gasteiger partial charge on any atom is -0.444 e. The molecule has 9 nitrogen and oxygen atoms in total. The first-order chi connectivity index (χ1) is 18.6. The lowest BCUT2D eigenvalue weighted by Gasteiger charge is -2.31. The molecule has 0 radical (unpaired) electrons. The van der Waals surface area contributed by atoms with E-state index in [1.807, 2.05) is 6.92 Å². The van der Waals surface area contributed by atoms with Crippen LogP contribution in [0.1, 0.15) is 64.6 Å². The highest BCUT2D eigenvalue weighted by Gasteiger charge is 2.41. The van der Waals surface area contributed by atoms with E-state index in [1.165, 1.54) is 11.0 Å². The Kier molecular flexibility index (Phi) is 9.85. The molecule has 6 atom stereocenters. The molecule has 6 unspecified atom stereocenters. The Morgan fingerprint density at radius 3 is 2.52 bits per heavy atom. The van der Waals surface area contributed by atoms with Crippen molar-refractivity contribution in [2.75, 3.05) is 19.6 Å². The Bertz CT molecular complexity index is 1120. The third-order valence-corrected chi connectivity index (χ3v) is 7.16. The van der Waals surface area contributed by atoms with Crippen molar-refractivity contribution in [2.45, 2.75) is 89.4 Å². The molecule has 0 spiro atoms. The lowest BCUT2D eigenvalue weighted by Crippen LogP contribution is -2.56. The van der Waals surface area contributed by atoms with Crippen molar-refractivity contribution in [3.8, 4) is 6.07 Å². The molecule has 1 aromatic rings. The number of alkyl halides is 3. The number of nitriles is 1. The van der Waals surface area contributed by atoms with E-state index < -0.39 is 53.5 Å². The van der Waals surface area contributed by atoms with Crippen LogP contribution in [0.15, 0.2) is 24.3 Å². The minimum absolute atomic E-state index is 0.000627. The molecular formula is C28H38F3N5O4. The van der Waals surface area contributed by atoms with E-state index in [0.717, 1.165) is 18.4 Å². The fourth-order valence-electron chi connectivity index (χ4n) is 5.32. The van der Waals surface area contributed by atoms with Gasteiger partial charge in [0.05, 0.1) is 17.7 Å². The summed E-state index contributed by atoms with van der Waals surface area (Å²) in [6.45, 7) is 9.48. The van der Waals surface area contributed by atoms with Crippen LogP contribution in [0.3, 0.4) is 0 Å². The number of amides is 2. The average Bonchev–Trinajstić information content (AvgIpc) is 3.43. The first-order valence-corrected chi connectivity index (χ1v) is 13.4. The first-order valence-electron chi connectivity index (χ1n) is 13.4. The SMILES string of the molecule is CC1CC(C#N)N(C(=O)C(CN2CC(NC(C)c3cccc(C(F)(F)F)c3)CC2C=O)NC(=O)OC(C)(C)C)C1. The summed E-state index contributed by atoms with van der Waals surface area (Å²) in [7, 11) is 0. The Labute approximate surface area is 233 Å². The second-order valence-corrected chi connectivity index (χ2v) is 11.8. The highest BCUT2D eigenvalue weighted by molar-refractivity contribution is 5.87. The third kappa shape index (κ3) is 8.17. The number of likely N-dealkylation sites (tertiary alicyclic amines) is 2. The molecule has 2 amide bonds. The Morgan fingerprint density at radius 1 is 1.23 bits per heavy atom. The van der Waals surface area contributed by atoms with Crippen LogP contribution >= 0.6 is 0 Å². The van der Waals surface area contributed by atoms with Crippen LogP contribution in [0.2, 0.25) is 0 Å². The number of carbonyl (C=O) groups is 3. The van der Waals surface area contributed by atoms with Gasteiger partial charge in [0.2, 0.25) is 5.91 Å². The van der Waals surface area contributed by atoms with Gasteiger partial charge >= 0.3 is 12.3 Å². The predicted molar refractivity (Wildman–Crippen MR) is 141 cm³/mol. The van der Waals surface area contributed by atoms with Gasteiger partial charge in [-0.1, -0.05) is 19.1 Å². The molecule has 0 bridgehead atoms. The van der Waals surface area contributed by atoms with Crippen molar-refractivity contribution < 1.29 is 32.3 Å². The van der Waals surface area contributed by atoms with E-state index in [0.29, 0.717) is 31.5 Å². The standard InChI is InChI=1S/C28H38F3N5O4/c1-17-9-22(12-32)36(13-17)25(38)24(34-26(39)40-27(3,4)5)15-35-14-21(11-23(35)16-37)33-18(2)19-7-6-8-20(10-19)28(29,30)31/h6-8,10,16-18,21-24,33H,9,11,13-15H2,1-5H3,(H,34,39). The molecule has 40 heavy (non-hydrogen) atoms. The van der Waals surface area contributed by atoms with Crippen LogP contribution in [0.5, 0.6) is 0 Å². The highest BCUT2D eigenvalue weighted by atomic mass is 19.4. The summed E-state index contributed by atoms with van der Waals surface area (Å²) >= 11 is 0. The van der Waals surface area contributed by atoms with Gasteiger partial charge in [0.1, 0.15) is 24.0 Å². The fourth-order valence-corrected chi connectivity index (χ4v) is 5.32. The van der Waals surface area contributed by atoms with Crippen LogP contribution in [-0.4, -0.2) is 77.5 Å². The summed E-state index contributed by atoms with van der Waals surface area (Å²) in [5.74, 6) is -0.309. The lowest BCUT2D eigenvalue weighted by atomic mass is 10.0. The number of halogens is 3. The molecule has 2 aliphatic rings. The Hall–Kier alpha value is -3.17. The molecule has 12 heteroatoms. The number of nitrogens with one attached hydrogen (secondary N) is 2. The van der Waals surface area contributed by atoms with Gasteiger partial charge in [0.15, 0.2) is 0 Å². The van der Waals surface area contributed by atoms with Crippen molar-refractivity contribution >= 4 is 18.3 Å². The molecule has 0 aromatic heterocycles. The summed E-state index contributed by atoms with van der Waals surface area (Å²) in [5.41, 5.74) is -1.08. The van der Waals surface area contributed by atoms with Gasteiger partial charge in [-0.2, -0.15) is 18.4 Å². The van der Waals surface area contributed by atoms with E-state index >= 15 is 0 Å². The Balaban J connectivity index is 1.75. The minimum atomic E-state index is -4.46. The number of hydrogen-bond donors (Lipinski definition) is 2. The van der Waals surface area contributed by atoms with Gasteiger partial charge < -0.3 is 25.1 Å². The van der Waals surface area contributed by atoms with E-state index in [9.17, 15) is 32.8 Å². The van der Waals surface area contributed by atoms with E-state index in [4.69, 9.17) is 4.74 Å². The predicted octanol–water partition coefficient (Wildman–Crippen LogP) is 3.65. The molecule has 220 valence electrons. The van der Waals surface area contributed by atoms with Crippen molar-refractivity contribution in [1.29, 1.82) is 5.26 Å². The van der Waals surface area contributed by atoms with Crippen LogP contribution < -0.4 is 10.6 Å². The molecule has 2 aliphatic heterocycles. The van der Waals surface area contributed by atoms with Gasteiger partial charge in [-0.15, -0.1) is 0 Å². The number of hydrogen-bond acceptors (Lipinski definition) is 7. The topological polar surface area (TPSA) is 115 Å². The first kappa shape index (κ1) is 31.4. The molecule has 1 aromatic carbocycles. The molecule has 0 saturated carbocycles. The zero-order valence-corrected chi connectivity index (χ0v) is 23.5. The van der Waals surface area contributed by atoms with Gasteiger partial charge in [-0.25, -0.2) is 4.79 Å². The van der Waals surface area contributed by atoms with Gasteiger partial charge in [0, 0.05) is 31.7 Å². The van der Waals surface area contributed by atoms with Crippen LogP contribution in [0, 0.1) is 17.2 Å². The maximum atomic E-state index is 13.6. The lowest BCUT2D eigenvalue weighted by molar-refractivity contribution is -0.137. The van der Waals surface area contributed by atoms with Gasteiger partial charge in [-0.3, -0.25) is 9.69 Å². The zero-order valence-electron chi connectivity index (χ0n) is 23.5. The number of ether oxygens (including phenoxy) is 1. The molecule has 2 saturated heterocycles. The zero-order chi connectivity index (χ0) is 29.8. The molecular weight excluding hydrogens is 527 g/mol. The monoisotopic (exact) mass is 565 g/mol. The smallest absolute Gasteiger partial charge is 0.416 e. The molecule has 2 N–H and O–H groups in total. The van der Waals surface area contributed by atoms with Gasteiger partial charge in [-0.05, 0) is 64.2 Å². The van der Waals surface area contributed by atoms with E-state index in [2.05, 4.69) is 16.7 Å².